The zero-order chi connectivity index (χ0) is 21.9. The van der Waals surface area contributed by atoms with Crippen molar-refractivity contribution in [1.29, 1.82) is 0 Å². The van der Waals surface area contributed by atoms with Crippen LogP contribution in [0.4, 0.5) is 0 Å². The first kappa shape index (κ1) is 21.8. The number of benzene rings is 2. The Kier molecular flexibility index (Phi) is 7.99. The molecule has 3 rings (SSSR count). The maximum atomic E-state index is 12.0. The minimum Gasteiger partial charge on any atom is -0.459 e. The third-order valence-corrected chi connectivity index (χ3v) is 4.66. The fourth-order valence-corrected chi connectivity index (χ4v) is 3.15. The molecule has 0 radical (unpaired) electrons. The highest BCUT2D eigenvalue weighted by molar-refractivity contribution is 5.93. The van der Waals surface area contributed by atoms with E-state index in [9.17, 15) is 14.4 Å². The first-order chi connectivity index (χ1) is 15.1. The Labute approximate surface area is 180 Å². The lowest BCUT2D eigenvalue weighted by molar-refractivity contribution is -0.147. The van der Waals surface area contributed by atoms with Crippen molar-refractivity contribution in [3.05, 3.63) is 95.9 Å². The van der Waals surface area contributed by atoms with E-state index in [1.165, 1.54) is 23.5 Å². The van der Waals surface area contributed by atoms with Gasteiger partial charge in [0, 0.05) is 12.5 Å². The molecular formula is C24H24N2O5. The maximum Gasteiger partial charge on any atom is 0.325 e. The minimum atomic E-state index is -0.707. The van der Waals surface area contributed by atoms with E-state index < -0.39 is 24.4 Å². The van der Waals surface area contributed by atoms with Crippen LogP contribution in [0.3, 0.4) is 0 Å². The zero-order valence-corrected chi connectivity index (χ0v) is 17.0. The molecule has 7 nitrogen and oxygen atoms in total. The van der Waals surface area contributed by atoms with Gasteiger partial charge in [-0.1, -0.05) is 60.7 Å². The van der Waals surface area contributed by atoms with E-state index in [0.29, 0.717) is 13.0 Å². The molecule has 1 aromatic heterocycles. The Morgan fingerprint density at radius 1 is 0.839 bits per heavy atom. The van der Waals surface area contributed by atoms with Crippen molar-refractivity contribution in [1.82, 2.24) is 10.6 Å². The predicted octanol–water partition coefficient (Wildman–Crippen LogP) is 2.89. The highest BCUT2D eigenvalue weighted by Gasteiger charge is 2.15. The lowest BCUT2D eigenvalue weighted by atomic mass is 9.88. The molecule has 3 aromatic rings. The fraction of sp³-hybridized carbons (Fsp3) is 0.208. The summed E-state index contributed by atoms with van der Waals surface area (Å²) in [6.45, 7) is -0.326. The molecule has 2 amide bonds. The molecule has 0 aliphatic heterocycles. The number of hydrogen-bond acceptors (Lipinski definition) is 5. The van der Waals surface area contributed by atoms with Gasteiger partial charge in [0.15, 0.2) is 12.4 Å². The van der Waals surface area contributed by atoms with Crippen LogP contribution < -0.4 is 10.6 Å². The summed E-state index contributed by atoms with van der Waals surface area (Å²) in [4.78, 5) is 35.5. The third kappa shape index (κ3) is 6.85. The van der Waals surface area contributed by atoms with Crippen LogP contribution in [0.1, 0.15) is 34.0 Å². The molecular weight excluding hydrogens is 396 g/mol. The van der Waals surface area contributed by atoms with Crippen LogP contribution in [0.25, 0.3) is 0 Å². The van der Waals surface area contributed by atoms with E-state index in [2.05, 4.69) is 34.9 Å². The number of hydrogen-bond donors (Lipinski definition) is 2. The Balaban J connectivity index is 1.41. The summed E-state index contributed by atoms with van der Waals surface area (Å²) in [5.41, 5.74) is 2.34. The number of amides is 2. The molecule has 0 saturated carbocycles. The van der Waals surface area contributed by atoms with Gasteiger partial charge in [0.05, 0.1) is 6.26 Å². The summed E-state index contributed by atoms with van der Waals surface area (Å²) in [7, 11) is 0. The van der Waals surface area contributed by atoms with Gasteiger partial charge < -0.3 is 19.8 Å². The molecule has 0 saturated heterocycles. The number of nitrogens with one attached hydrogen (secondary N) is 2. The zero-order valence-electron chi connectivity index (χ0n) is 17.0. The lowest BCUT2D eigenvalue weighted by Crippen LogP contribution is -2.34. The van der Waals surface area contributed by atoms with Gasteiger partial charge in [0.25, 0.3) is 11.8 Å². The molecule has 0 aliphatic rings. The average molecular weight is 420 g/mol. The van der Waals surface area contributed by atoms with Gasteiger partial charge in [0.1, 0.15) is 6.54 Å². The number of carbonyl (C=O) groups excluding carboxylic acids is 3. The van der Waals surface area contributed by atoms with Crippen molar-refractivity contribution in [3.8, 4) is 0 Å². The van der Waals surface area contributed by atoms with Crippen LogP contribution in [-0.4, -0.2) is 37.5 Å². The predicted molar refractivity (Wildman–Crippen MR) is 114 cm³/mol. The quantitative estimate of drug-likeness (QED) is 0.492. The van der Waals surface area contributed by atoms with Crippen molar-refractivity contribution >= 4 is 17.8 Å². The van der Waals surface area contributed by atoms with Crippen LogP contribution >= 0.6 is 0 Å². The normalized spacial score (nSPS) is 10.5. The maximum absolute atomic E-state index is 12.0. The molecule has 7 heteroatoms. The Bertz CT molecular complexity index is 932. The van der Waals surface area contributed by atoms with Crippen molar-refractivity contribution < 1.29 is 23.5 Å². The molecule has 0 unspecified atom stereocenters. The standard InChI is InChI=1S/C24H24N2O5/c27-22(17-31-23(28)16-26-24(29)21-12-7-15-30-21)25-14-13-20(18-8-3-1-4-9-18)19-10-5-2-6-11-19/h1-12,15,20H,13-14,16-17H2,(H,25,27)(H,26,29). The monoisotopic (exact) mass is 420 g/mol. The summed E-state index contributed by atoms with van der Waals surface area (Å²) in [5.74, 6) is -1.40. The van der Waals surface area contributed by atoms with Gasteiger partial charge >= 0.3 is 5.97 Å². The molecule has 0 fully saturated rings. The van der Waals surface area contributed by atoms with Gasteiger partial charge in [0.2, 0.25) is 0 Å². The number of rotatable bonds is 10. The number of furan rings is 1. The molecule has 0 atom stereocenters. The molecule has 0 aliphatic carbocycles. The van der Waals surface area contributed by atoms with E-state index in [0.717, 1.165) is 0 Å². The summed E-state index contributed by atoms with van der Waals surface area (Å²) in [6.07, 6.45) is 2.06. The van der Waals surface area contributed by atoms with Crippen LogP contribution in [-0.2, 0) is 14.3 Å². The van der Waals surface area contributed by atoms with E-state index in [1.54, 1.807) is 6.07 Å². The van der Waals surface area contributed by atoms with E-state index in [4.69, 9.17) is 9.15 Å². The Morgan fingerprint density at radius 2 is 1.48 bits per heavy atom. The van der Waals surface area contributed by atoms with Crippen molar-refractivity contribution in [2.75, 3.05) is 19.7 Å². The first-order valence-electron chi connectivity index (χ1n) is 9.97. The molecule has 31 heavy (non-hydrogen) atoms. The minimum absolute atomic E-state index is 0.0944. The second kappa shape index (κ2) is 11.3. The smallest absolute Gasteiger partial charge is 0.325 e. The lowest BCUT2D eigenvalue weighted by Gasteiger charge is -2.18. The van der Waals surface area contributed by atoms with Crippen molar-refractivity contribution in [2.24, 2.45) is 0 Å². The molecule has 160 valence electrons. The van der Waals surface area contributed by atoms with Gasteiger partial charge in [-0.3, -0.25) is 14.4 Å². The van der Waals surface area contributed by atoms with Crippen LogP contribution in [0, 0.1) is 0 Å². The molecule has 2 aromatic carbocycles. The van der Waals surface area contributed by atoms with Gasteiger partial charge in [-0.15, -0.1) is 0 Å². The molecule has 0 bridgehead atoms. The highest BCUT2D eigenvalue weighted by Crippen LogP contribution is 2.27. The summed E-state index contributed by atoms with van der Waals surface area (Å²) >= 11 is 0. The van der Waals surface area contributed by atoms with Crippen molar-refractivity contribution in [3.63, 3.8) is 0 Å². The van der Waals surface area contributed by atoms with Crippen molar-refractivity contribution in [2.45, 2.75) is 12.3 Å². The van der Waals surface area contributed by atoms with Gasteiger partial charge in [-0.05, 0) is 29.7 Å². The largest absolute Gasteiger partial charge is 0.459 e. The van der Waals surface area contributed by atoms with E-state index in [1.807, 2.05) is 36.4 Å². The molecule has 0 spiro atoms. The van der Waals surface area contributed by atoms with E-state index in [-0.39, 0.29) is 18.2 Å². The summed E-state index contributed by atoms with van der Waals surface area (Å²) in [5, 5.41) is 5.14. The number of esters is 1. The van der Waals surface area contributed by atoms with Gasteiger partial charge in [-0.25, -0.2) is 0 Å². The number of carbonyl (C=O) groups is 3. The van der Waals surface area contributed by atoms with Crippen LogP contribution in [0.2, 0.25) is 0 Å². The molecule has 2 N–H and O–H groups in total. The third-order valence-electron chi connectivity index (χ3n) is 4.66. The SMILES string of the molecule is O=C(COC(=O)CNC(=O)c1ccco1)NCCC(c1ccccc1)c1ccccc1. The summed E-state index contributed by atoms with van der Waals surface area (Å²) < 4.78 is 9.83. The van der Waals surface area contributed by atoms with E-state index >= 15 is 0 Å². The summed E-state index contributed by atoms with van der Waals surface area (Å²) in [6, 6.07) is 23.2. The molecule has 1 heterocycles. The average Bonchev–Trinajstić information content (AvgIpc) is 3.35. The second-order valence-corrected chi connectivity index (χ2v) is 6.83. The van der Waals surface area contributed by atoms with Crippen LogP contribution in [0.15, 0.2) is 83.5 Å². The second-order valence-electron chi connectivity index (χ2n) is 6.83. The van der Waals surface area contributed by atoms with Gasteiger partial charge in [-0.2, -0.15) is 0 Å². The highest BCUT2D eigenvalue weighted by atomic mass is 16.5. The topological polar surface area (TPSA) is 97.6 Å². The van der Waals surface area contributed by atoms with Crippen LogP contribution in [0.5, 0.6) is 0 Å². The first-order valence-corrected chi connectivity index (χ1v) is 9.97. The Morgan fingerprint density at radius 3 is 2.06 bits per heavy atom. The number of ether oxygens (including phenoxy) is 1. The fourth-order valence-electron chi connectivity index (χ4n) is 3.15. The Hall–Kier alpha value is -3.87.